The van der Waals surface area contributed by atoms with Crippen LogP contribution in [0.1, 0.15) is 56.2 Å². The molecule has 0 unspecified atom stereocenters. The Morgan fingerprint density at radius 2 is 1.56 bits per heavy atom. The van der Waals surface area contributed by atoms with E-state index < -0.39 is 0 Å². The molecule has 0 fully saturated rings. The number of hydrogen-bond acceptors (Lipinski definition) is 2. The molecular formula is C16H27NO. The van der Waals surface area contributed by atoms with E-state index in [9.17, 15) is 0 Å². The van der Waals surface area contributed by atoms with E-state index in [0.29, 0.717) is 11.8 Å². The number of likely N-dealkylation sites (N-methyl/N-ethyl adjacent to an activating group) is 1. The van der Waals surface area contributed by atoms with Gasteiger partial charge in [-0.3, -0.25) is 0 Å². The molecule has 0 spiro atoms. The predicted octanol–water partition coefficient (Wildman–Crippen LogP) is 3.70. The predicted molar refractivity (Wildman–Crippen MR) is 78.8 cm³/mol. The molecule has 0 aliphatic carbocycles. The molecule has 1 rings (SSSR count). The van der Waals surface area contributed by atoms with Crippen molar-refractivity contribution < 1.29 is 4.74 Å². The monoisotopic (exact) mass is 249 g/mol. The Morgan fingerprint density at radius 1 is 1.06 bits per heavy atom. The molecule has 0 radical (unpaired) electrons. The van der Waals surface area contributed by atoms with Gasteiger partial charge in [0.15, 0.2) is 0 Å². The minimum absolute atomic E-state index is 0.493. The van der Waals surface area contributed by atoms with E-state index >= 15 is 0 Å². The number of rotatable bonds is 6. The van der Waals surface area contributed by atoms with Crippen molar-refractivity contribution in [2.75, 3.05) is 20.7 Å². The van der Waals surface area contributed by atoms with Gasteiger partial charge >= 0.3 is 0 Å². The molecule has 2 heteroatoms. The zero-order valence-electron chi connectivity index (χ0n) is 12.6. The lowest BCUT2D eigenvalue weighted by atomic mass is 9.90. The van der Waals surface area contributed by atoms with E-state index in [1.165, 1.54) is 16.7 Å². The molecule has 1 N–H and O–H groups in total. The van der Waals surface area contributed by atoms with Gasteiger partial charge in [-0.2, -0.15) is 0 Å². The Morgan fingerprint density at radius 3 is 1.89 bits per heavy atom. The Hall–Kier alpha value is -1.02. The first kappa shape index (κ1) is 15.0. The van der Waals surface area contributed by atoms with Gasteiger partial charge in [0.2, 0.25) is 0 Å². The van der Waals surface area contributed by atoms with Crippen LogP contribution in [0.5, 0.6) is 5.75 Å². The standard InChI is InChI=1S/C16H27NO/c1-11(2)14-9-13(7-8-17-5)10-15(12(3)4)16(14)18-6/h9-12,17H,7-8H2,1-6H3. The Balaban J connectivity index is 3.25. The first-order valence-corrected chi connectivity index (χ1v) is 6.86. The fourth-order valence-corrected chi connectivity index (χ4v) is 2.25. The second-order valence-corrected chi connectivity index (χ2v) is 5.47. The van der Waals surface area contributed by atoms with Crippen LogP contribution in [0.2, 0.25) is 0 Å². The highest BCUT2D eigenvalue weighted by Crippen LogP contribution is 2.35. The van der Waals surface area contributed by atoms with Gasteiger partial charge in [0.05, 0.1) is 7.11 Å². The summed E-state index contributed by atoms with van der Waals surface area (Å²) in [6.07, 6.45) is 1.07. The van der Waals surface area contributed by atoms with E-state index in [1.807, 2.05) is 7.05 Å². The van der Waals surface area contributed by atoms with Crippen molar-refractivity contribution in [2.24, 2.45) is 0 Å². The third kappa shape index (κ3) is 3.49. The van der Waals surface area contributed by atoms with E-state index in [2.05, 4.69) is 45.1 Å². The SMILES string of the molecule is CNCCc1cc(C(C)C)c(OC)c(C(C)C)c1. The summed E-state index contributed by atoms with van der Waals surface area (Å²) in [7, 11) is 3.77. The molecule has 0 aliphatic rings. The lowest BCUT2D eigenvalue weighted by Gasteiger charge is -2.20. The number of hydrogen-bond donors (Lipinski definition) is 1. The molecule has 0 aromatic heterocycles. The summed E-state index contributed by atoms with van der Waals surface area (Å²) in [5.41, 5.74) is 4.06. The Kier molecular flexibility index (Phi) is 5.67. The molecule has 0 saturated heterocycles. The van der Waals surface area contributed by atoms with Crippen LogP contribution in [-0.2, 0) is 6.42 Å². The maximum absolute atomic E-state index is 5.64. The lowest BCUT2D eigenvalue weighted by Crippen LogP contribution is -2.11. The second kappa shape index (κ2) is 6.79. The molecule has 18 heavy (non-hydrogen) atoms. The Bertz CT molecular complexity index is 354. The van der Waals surface area contributed by atoms with Crippen molar-refractivity contribution in [2.45, 2.75) is 46.0 Å². The quantitative estimate of drug-likeness (QED) is 0.830. The van der Waals surface area contributed by atoms with Crippen molar-refractivity contribution in [1.82, 2.24) is 5.32 Å². The summed E-state index contributed by atoms with van der Waals surface area (Å²) in [5, 5.41) is 3.21. The molecule has 1 aromatic carbocycles. The third-order valence-corrected chi connectivity index (χ3v) is 3.32. The van der Waals surface area contributed by atoms with Crippen LogP contribution in [0.3, 0.4) is 0 Å². The summed E-state index contributed by atoms with van der Waals surface area (Å²) >= 11 is 0. The third-order valence-electron chi connectivity index (χ3n) is 3.32. The van der Waals surface area contributed by atoms with Gasteiger partial charge in [0.1, 0.15) is 5.75 Å². The van der Waals surface area contributed by atoms with Crippen molar-refractivity contribution in [3.8, 4) is 5.75 Å². The average Bonchev–Trinajstić information content (AvgIpc) is 2.34. The summed E-state index contributed by atoms with van der Waals surface area (Å²) < 4.78 is 5.64. The topological polar surface area (TPSA) is 21.3 Å². The molecule has 0 aliphatic heterocycles. The lowest BCUT2D eigenvalue weighted by molar-refractivity contribution is 0.400. The van der Waals surface area contributed by atoms with Gasteiger partial charge in [-0.15, -0.1) is 0 Å². The van der Waals surface area contributed by atoms with Crippen molar-refractivity contribution in [3.63, 3.8) is 0 Å². The van der Waals surface area contributed by atoms with Crippen LogP contribution in [0, 0.1) is 0 Å². The number of ether oxygens (including phenoxy) is 1. The van der Waals surface area contributed by atoms with Gasteiger partial charge in [-0.25, -0.2) is 0 Å². The molecule has 2 nitrogen and oxygen atoms in total. The summed E-state index contributed by atoms with van der Waals surface area (Å²) in [6, 6.07) is 4.60. The molecule has 0 heterocycles. The van der Waals surface area contributed by atoms with Gasteiger partial charge in [0.25, 0.3) is 0 Å². The van der Waals surface area contributed by atoms with E-state index in [0.717, 1.165) is 18.7 Å². The van der Waals surface area contributed by atoms with Crippen molar-refractivity contribution in [1.29, 1.82) is 0 Å². The minimum atomic E-state index is 0.493. The largest absolute Gasteiger partial charge is 0.496 e. The van der Waals surface area contributed by atoms with Crippen LogP contribution in [0.25, 0.3) is 0 Å². The highest BCUT2D eigenvalue weighted by molar-refractivity contribution is 5.48. The zero-order valence-corrected chi connectivity index (χ0v) is 12.6. The molecule has 1 aromatic rings. The van der Waals surface area contributed by atoms with Crippen LogP contribution >= 0.6 is 0 Å². The first-order chi connectivity index (χ1) is 8.51. The highest BCUT2D eigenvalue weighted by atomic mass is 16.5. The molecule has 0 bridgehead atoms. The van der Waals surface area contributed by atoms with Crippen molar-refractivity contribution >= 4 is 0 Å². The van der Waals surface area contributed by atoms with Crippen LogP contribution in [-0.4, -0.2) is 20.7 Å². The van der Waals surface area contributed by atoms with E-state index in [4.69, 9.17) is 4.74 Å². The van der Waals surface area contributed by atoms with Gasteiger partial charge < -0.3 is 10.1 Å². The molecule has 0 saturated carbocycles. The fraction of sp³-hybridized carbons (Fsp3) is 0.625. The van der Waals surface area contributed by atoms with Crippen LogP contribution < -0.4 is 10.1 Å². The smallest absolute Gasteiger partial charge is 0.125 e. The first-order valence-electron chi connectivity index (χ1n) is 6.86. The average molecular weight is 249 g/mol. The van der Waals surface area contributed by atoms with E-state index in [-0.39, 0.29) is 0 Å². The zero-order chi connectivity index (χ0) is 13.7. The van der Waals surface area contributed by atoms with Crippen molar-refractivity contribution in [3.05, 3.63) is 28.8 Å². The molecule has 0 atom stereocenters. The number of methoxy groups -OCH3 is 1. The normalized spacial score (nSPS) is 11.3. The Labute approximate surface area is 112 Å². The van der Waals surface area contributed by atoms with Gasteiger partial charge in [-0.05, 0) is 48.5 Å². The molecule has 0 amide bonds. The minimum Gasteiger partial charge on any atom is -0.496 e. The van der Waals surface area contributed by atoms with Crippen LogP contribution in [0.4, 0.5) is 0 Å². The van der Waals surface area contributed by atoms with Gasteiger partial charge in [0, 0.05) is 0 Å². The van der Waals surface area contributed by atoms with E-state index in [1.54, 1.807) is 7.11 Å². The van der Waals surface area contributed by atoms with Gasteiger partial charge in [-0.1, -0.05) is 39.8 Å². The number of benzene rings is 1. The summed E-state index contributed by atoms with van der Waals surface area (Å²) in [6.45, 7) is 9.92. The van der Waals surface area contributed by atoms with Crippen LogP contribution in [0.15, 0.2) is 12.1 Å². The maximum atomic E-state index is 5.64. The summed E-state index contributed by atoms with van der Waals surface area (Å²) in [4.78, 5) is 0. The molecular weight excluding hydrogens is 222 g/mol. The molecule has 102 valence electrons. The summed E-state index contributed by atoms with van der Waals surface area (Å²) in [5.74, 6) is 2.06. The maximum Gasteiger partial charge on any atom is 0.125 e. The fourth-order valence-electron chi connectivity index (χ4n) is 2.25. The highest BCUT2D eigenvalue weighted by Gasteiger charge is 2.16. The number of nitrogens with one attached hydrogen (secondary N) is 1. The second-order valence-electron chi connectivity index (χ2n) is 5.47.